The SMILES string of the molecule is COc1ccc(-c2n[nH]c(=S)n2CC(=O)NCC2(c3ccc4c(c3)OCCO4)CCCC2)cc1. The maximum absolute atomic E-state index is 13.0. The molecule has 34 heavy (non-hydrogen) atoms. The number of benzene rings is 2. The Morgan fingerprint density at radius 3 is 2.62 bits per heavy atom. The number of fused-ring (bicyclic) bond motifs is 1. The van der Waals surface area contributed by atoms with Crippen LogP contribution in [0.3, 0.4) is 0 Å². The first-order valence-electron chi connectivity index (χ1n) is 11.5. The van der Waals surface area contributed by atoms with Gasteiger partial charge in [-0.3, -0.25) is 14.5 Å². The van der Waals surface area contributed by atoms with E-state index in [1.807, 2.05) is 30.3 Å². The van der Waals surface area contributed by atoms with Gasteiger partial charge in [-0.25, -0.2) is 0 Å². The maximum Gasteiger partial charge on any atom is 0.240 e. The van der Waals surface area contributed by atoms with Gasteiger partial charge in [0.05, 0.1) is 7.11 Å². The lowest BCUT2D eigenvalue weighted by atomic mass is 9.78. The van der Waals surface area contributed by atoms with Crippen LogP contribution in [0.4, 0.5) is 0 Å². The van der Waals surface area contributed by atoms with Crippen LogP contribution in [0.2, 0.25) is 0 Å². The minimum Gasteiger partial charge on any atom is -0.497 e. The Balaban J connectivity index is 1.31. The zero-order chi connectivity index (χ0) is 23.5. The van der Waals surface area contributed by atoms with E-state index in [9.17, 15) is 4.79 Å². The van der Waals surface area contributed by atoms with E-state index >= 15 is 0 Å². The van der Waals surface area contributed by atoms with E-state index in [-0.39, 0.29) is 17.9 Å². The van der Waals surface area contributed by atoms with Gasteiger partial charge in [-0.2, -0.15) is 5.10 Å². The second kappa shape index (κ2) is 9.50. The summed E-state index contributed by atoms with van der Waals surface area (Å²) in [6.07, 6.45) is 4.32. The largest absolute Gasteiger partial charge is 0.497 e. The van der Waals surface area contributed by atoms with Crippen molar-refractivity contribution < 1.29 is 19.0 Å². The molecule has 9 heteroatoms. The van der Waals surface area contributed by atoms with Crippen molar-refractivity contribution in [3.63, 3.8) is 0 Å². The summed E-state index contributed by atoms with van der Waals surface area (Å²) in [5.74, 6) is 2.84. The van der Waals surface area contributed by atoms with E-state index in [1.165, 1.54) is 5.56 Å². The minimum absolute atomic E-state index is 0.0912. The minimum atomic E-state index is -0.109. The molecule has 0 saturated heterocycles. The van der Waals surface area contributed by atoms with E-state index < -0.39 is 0 Å². The van der Waals surface area contributed by atoms with E-state index in [0.717, 1.165) is 48.5 Å². The molecule has 2 aliphatic rings. The highest BCUT2D eigenvalue weighted by Crippen LogP contribution is 2.43. The summed E-state index contributed by atoms with van der Waals surface area (Å²) in [6, 6.07) is 13.7. The second-order valence-electron chi connectivity index (χ2n) is 8.79. The fraction of sp³-hybridized carbons (Fsp3) is 0.400. The first-order chi connectivity index (χ1) is 16.6. The molecule has 8 nitrogen and oxygen atoms in total. The van der Waals surface area contributed by atoms with Gasteiger partial charge in [0, 0.05) is 17.5 Å². The number of carbonyl (C=O) groups excluding carboxylic acids is 1. The van der Waals surface area contributed by atoms with Crippen LogP contribution < -0.4 is 19.5 Å². The topological polar surface area (TPSA) is 90.4 Å². The summed E-state index contributed by atoms with van der Waals surface area (Å²) in [5, 5.41) is 10.3. The van der Waals surface area contributed by atoms with Crippen molar-refractivity contribution in [1.29, 1.82) is 0 Å². The molecular formula is C25H28N4O4S. The molecule has 0 bridgehead atoms. The molecule has 0 radical (unpaired) electrons. The molecule has 1 fully saturated rings. The van der Waals surface area contributed by atoms with Crippen LogP contribution in [0.25, 0.3) is 11.4 Å². The van der Waals surface area contributed by atoms with Crippen LogP contribution >= 0.6 is 12.2 Å². The number of nitrogens with one attached hydrogen (secondary N) is 2. The summed E-state index contributed by atoms with van der Waals surface area (Å²) in [4.78, 5) is 13.0. The Labute approximate surface area is 203 Å². The van der Waals surface area contributed by atoms with Gasteiger partial charge in [0.15, 0.2) is 22.1 Å². The Hall–Kier alpha value is -3.33. The van der Waals surface area contributed by atoms with Gasteiger partial charge in [0.1, 0.15) is 25.5 Å². The zero-order valence-corrected chi connectivity index (χ0v) is 20.0. The molecule has 0 atom stereocenters. The number of H-pyrrole nitrogens is 1. The van der Waals surface area contributed by atoms with Gasteiger partial charge < -0.3 is 19.5 Å². The van der Waals surface area contributed by atoms with E-state index in [4.69, 9.17) is 26.4 Å². The molecule has 2 aromatic carbocycles. The zero-order valence-electron chi connectivity index (χ0n) is 19.1. The summed E-state index contributed by atoms with van der Waals surface area (Å²) < 4.78 is 18.8. The van der Waals surface area contributed by atoms with Crippen molar-refractivity contribution in [2.45, 2.75) is 37.6 Å². The number of hydrogen-bond donors (Lipinski definition) is 2. The fourth-order valence-corrected chi connectivity index (χ4v) is 5.08. The van der Waals surface area contributed by atoms with E-state index in [0.29, 0.717) is 30.4 Å². The smallest absolute Gasteiger partial charge is 0.240 e. The molecule has 178 valence electrons. The molecule has 5 rings (SSSR count). The van der Waals surface area contributed by atoms with Gasteiger partial charge in [-0.05, 0) is 67.0 Å². The molecule has 1 aliphatic heterocycles. The lowest BCUT2D eigenvalue weighted by molar-refractivity contribution is -0.121. The van der Waals surface area contributed by atoms with Crippen molar-refractivity contribution in [2.75, 3.05) is 26.9 Å². The van der Waals surface area contributed by atoms with Crippen LogP contribution in [0, 0.1) is 4.77 Å². The lowest BCUT2D eigenvalue weighted by Crippen LogP contribution is -2.40. The lowest BCUT2D eigenvalue weighted by Gasteiger charge is -2.31. The van der Waals surface area contributed by atoms with Crippen molar-refractivity contribution in [3.05, 3.63) is 52.8 Å². The molecular weight excluding hydrogens is 452 g/mol. The van der Waals surface area contributed by atoms with Crippen LogP contribution in [-0.4, -0.2) is 47.5 Å². The summed E-state index contributed by atoms with van der Waals surface area (Å²) in [7, 11) is 1.62. The summed E-state index contributed by atoms with van der Waals surface area (Å²) in [5.41, 5.74) is 1.93. The van der Waals surface area contributed by atoms with Crippen LogP contribution in [0.1, 0.15) is 31.2 Å². The highest BCUT2D eigenvalue weighted by molar-refractivity contribution is 7.71. The molecule has 1 aromatic heterocycles. The third kappa shape index (κ3) is 4.40. The number of rotatable bonds is 7. The highest BCUT2D eigenvalue weighted by Gasteiger charge is 2.37. The van der Waals surface area contributed by atoms with Gasteiger partial charge in [0.2, 0.25) is 5.91 Å². The predicted octanol–water partition coefficient (Wildman–Crippen LogP) is 4.02. The van der Waals surface area contributed by atoms with E-state index in [2.05, 4.69) is 27.6 Å². The van der Waals surface area contributed by atoms with Gasteiger partial charge in [-0.1, -0.05) is 18.9 Å². The molecule has 0 spiro atoms. The number of nitrogens with zero attached hydrogens (tertiary/aromatic N) is 2. The first-order valence-corrected chi connectivity index (χ1v) is 12.0. The highest BCUT2D eigenvalue weighted by atomic mass is 32.1. The third-order valence-corrected chi connectivity index (χ3v) is 7.06. The maximum atomic E-state index is 13.0. The normalized spacial score (nSPS) is 16.3. The van der Waals surface area contributed by atoms with Gasteiger partial charge in [0.25, 0.3) is 0 Å². The Morgan fingerprint density at radius 1 is 1.15 bits per heavy atom. The Bertz CT molecular complexity index is 1230. The third-order valence-electron chi connectivity index (χ3n) is 6.75. The summed E-state index contributed by atoms with van der Waals surface area (Å²) in [6.45, 7) is 1.78. The standard InChI is InChI=1S/C25H28N4O4S/c1-31-19-7-4-17(5-8-19)23-27-28-24(34)29(23)15-22(30)26-16-25(10-2-3-11-25)18-6-9-20-21(14-18)33-13-12-32-20/h4-9,14H,2-3,10-13,15-16H2,1H3,(H,26,30)(H,28,34). The number of amides is 1. The molecule has 3 aromatic rings. The van der Waals surface area contributed by atoms with Gasteiger partial charge >= 0.3 is 0 Å². The second-order valence-corrected chi connectivity index (χ2v) is 9.18. The van der Waals surface area contributed by atoms with Crippen LogP contribution in [0.5, 0.6) is 17.2 Å². The average Bonchev–Trinajstić information content (AvgIpc) is 3.50. The number of methoxy groups -OCH3 is 1. The molecule has 1 aliphatic carbocycles. The summed E-state index contributed by atoms with van der Waals surface area (Å²) >= 11 is 5.40. The number of aromatic nitrogens is 3. The Morgan fingerprint density at radius 2 is 1.88 bits per heavy atom. The quantitative estimate of drug-likeness (QED) is 0.497. The number of ether oxygens (including phenoxy) is 3. The van der Waals surface area contributed by atoms with Crippen molar-refractivity contribution in [1.82, 2.24) is 20.1 Å². The molecule has 1 saturated carbocycles. The van der Waals surface area contributed by atoms with Crippen molar-refractivity contribution >= 4 is 18.1 Å². The van der Waals surface area contributed by atoms with Crippen molar-refractivity contribution in [3.8, 4) is 28.6 Å². The van der Waals surface area contributed by atoms with Crippen LogP contribution in [0.15, 0.2) is 42.5 Å². The molecule has 2 heterocycles. The first kappa shape index (κ1) is 22.5. The van der Waals surface area contributed by atoms with Crippen molar-refractivity contribution in [2.24, 2.45) is 0 Å². The monoisotopic (exact) mass is 480 g/mol. The van der Waals surface area contributed by atoms with Gasteiger partial charge in [-0.15, -0.1) is 0 Å². The number of aromatic amines is 1. The fourth-order valence-electron chi connectivity index (χ4n) is 4.88. The average molecular weight is 481 g/mol. The van der Waals surface area contributed by atoms with E-state index in [1.54, 1.807) is 11.7 Å². The van der Waals surface area contributed by atoms with Crippen LogP contribution in [-0.2, 0) is 16.8 Å². The number of hydrogen-bond acceptors (Lipinski definition) is 6. The molecule has 1 amide bonds. The molecule has 2 N–H and O–H groups in total. The predicted molar refractivity (Wildman–Crippen MR) is 130 cm³/mol. The Kier molecular flexibility index (Phi) is 6.28. The number of carbonyl (C=O) groups is 1. The molecule has 0 unspecified atom stereocenters.